The number of carbonyl (C=O) groups excluding carboxylic acids is 3. The number of thioether (sulfide) groups is 1. The van der Waals surface area contributed by atoms with Crippen LogP contribution in [0.15, 0.2) is 0 Å². The van der Waals surface area contributed by atoms with Crippen LogP contribution < -0.4 is 0 Å². The maximum Gasteiger partial charge on any atom is 0.357 e. The van der Waals surface area contributed by atoms with Crippen molar-refractivity contribution in [2.45, 2.75) is 73.4 Å². The lowest BCUT2D eigenvalue weighted by molar-refractivity contribution is -0.154. The molecule has 0 saturated carbocycles. The molecule has 1 atom stereocenters. The van der Waals surface area contributed by atoms with Crippen molar-refractivity contribution in [2.24, 2.45) is 10.8 Å². The molecule has 0 aromatic rings. The van der Waals surface area contributed by atoms with Gasteiger partial charge in [-0.15, -0.1) is 6.42 Å². The molecule has 0 heterocycles. The second-order valence-electron chi connectivity index (χ2n) is 14.2. The SMILES string of the molecule is C#CC#CC#CC#CC#CC#CC#CC#CC#CC#CC#CC#CC#CC#CC#CC#CC#CC#CC#CC#CC#CC#CC#CC#CC#COC(=O)C(C)(F)CC.CCC(C)(C)C(=O)OCCCSCC(C)(C)C(=O)OC. The van der Waals surface area contributed by atoms with Gasteiger partial charge in [-0.25, -0.2) is 9.18 Å². The minimum absolute atomic E-state index is 0.0310. The van der Waals surface area contributed by atoms with Crippen LogP contribution in [-0.2, 0) is 28.6 Å². The average Bonchev–Trinajstić information content (AvgIpc) is 3.43. The molecule has 0 spiro atoms. The highest BCUT2D eigenvalue weighted by Crippen LogP contribution is 2.24. The van der Waals surface area contributed by atoms with E-state index >= 15 is 0 Å². The van der Waals surface area contributed by atoms with Crippen LogP contribution in [-0.4, -0.2) is 48.8 Å². The summed E-state index contributed by atoms with van der Waals surface area (Å²) in [6.07, 6.45) is 8.47. The zero-order chi connectivity index (χ0) is 58.0. The molecule has 0 N–H and O–H groups in total. The maximum absolute atomic E-state index is 13.6. The van der Waals surface area contributed by atoms with E-state index in [0.29, 0.717) is 12.4 Å². The van der Waals surface area contributed by atoms with Crippen LogP contribution in [0.3, 0.4) is 0 Å². The Labute approximate surface area is 466 Å². The Balaban J connectivity index is 0. The minimum Gasteiger partial charge on any atom is -0.469 e. The molecule has 78 heavy (non-hydrogen) atoms. The summed E-state index contributed by atoms with van der Waals surface area (Å²) in [6.45, 7) is 12.6. The number of rotatable bonds is 11. The van der Waals surface area contributed by atoms with E-state index in [4.69, 9.17) is 15.9 Å². The van der Waals surface area contributed by atoms with Crippen molar-refractivity contribution < 1.29 is 33.0 Å². The topological polar surface area (TPSA) is 78.9 Å². The quantitative estimate of drug-likeness (QED) is 0.130. The van der Waals surface area contributed by atoms with Crippen LogP contribution in [0.25, 0.3) is 0 Å². The van der Waals surface area contributed by atoms with E-state index in [2.05, 4.69) is 289 Å². The Morgan fingerprint density at radius 2 is 0.667 bits per heavy atom. The van der Waals surface area contributed by atoms with Gasteiger partial charge in [-0.3, -0.25) is 9.59 Å². The van der Waals surface area contributed by atoms with Gasteiger partial charge in [-0.05, 0) is 107 Å². The van der Waals surface area contributed by atoms with Gasteiger partial charge in [0.25, 0.3) is 0 Å². The first-order chi connectivity index (χ1) is 37.7. The summed E-state index contributed by atoms with van der Waals surface area (Å²) in [5, 5.41) is 0. The number of esters is 3. The average molecular weight is 1030 g/mol. The first kappa shape index (κ1) is 67.8. The summed E-state index contributed by atoms with van der Waals surface area (Å²) in [7, 11) is 1.41. The number of ether oxygens (including phenoxy) is 3. The zero-order valence-electron chi connectivity index (χ0n) is 43.6. The predicted octanol–water partition coefficient (Wildman–Crippen LogP) is 4.63. The molecule has 0 aliphatic heterocycles. The predicted molar refractivity (Wildman–Crippen MR) is 304 cm³/mol. The van der Waals surface area contributed by atoms with Gasteiger partial charge in [0.05, 0.1) is 24.5 Å². The molecular formula is C70H37FO6S. The molecule has 0 radical (unpaired) electrons. The van der Waals surface area contributed by atoms with Gasteiger partial charge in [-0.2, -0.15) is 11.8 Å². The van der Waals surface area contributed by atoms with Crippen LogP contribution in [0.1, 0.15) is 67.7 Å². The Hall–Kier alpha value is -12.3. The van der Waals surface area contributed by atoms with Crippen LogP contribution >= 0.6 is 11.8 Å². The highest BCUT2D eigenvalue weighted by atomic mass is 32.2. The number of carbonyl (C=O) groups is 3. The number of methoxy groups -OCH3 is 1. The molecule has 0 aromatic carbocycles. The van der Waals surface area contributed by atoms with E-state index in [1.807, 2.05) is 40.7 Å². The molecule has 0 amide bonds. The third-order valence-electron chi connectivity index (χ3n) is 7.54. The molecular weight excluding hydrogens is 988 g/mol. The molecule has 0 bridgehead atoms. The molecule has 1 unspecified atom stereocenters. The number of hydrogen-bond acceptors (Lipinski definition) is 7. The van der Waals surface area contributed by atoms with Gasteiger partial charge in [0.2, 0.25) is 5.67 Å². The smallest absolute Gasteiger partial charge is 0.357 e. The molecule has 6 nitrogen and oxygen atoms in total. The largest absolute Gasteiger partial charge is 0.469 e. The van der Waals surface area contributed by atoms with Crippen molar-refractivity contribution in [2.75, 3.05) is 25.2 Å². The summed E-state index contributed by atoms with van der Waals surface area (Å²) in [4.78, 5) is 34.6. The third kappa shape index (κ3) is 44.9. The van der Waals surface area contributed by atoms with E-state index in [0.717, 1.165) is 25.5 Å². The van der Waals surface area contributed by atoms with Gasteiger partial charge >= 0.3 is 17.9 Å². The van der Waals surface area contributed by atoms with E-state index in [1.165, 1.54) is 14.0 Å². The standard InChI is InChI=1S/C55H9FO2.C15H28O4S/c1-4-6-7-8-9-10-11-12-13-14-15-16-17-18-19-20-21-22-23-24-25-26-27-28-29-30-31-32-33-34-35-36-37-38-39-40-41-42-43-44-45-46-47-48-49-50-51-52-53-58-54(57)55(3,56)5-2;1-7-14(2,3)13(17)19-9-8-10-20-11-15(4,5)12(16)18-6/h1H,5H2,2-3H3;7-11H2,1-6H3. The molecule has 8 heteroatoms. The molecule has 366 valence electrons. The fourth-order valence-electron chi connectivity index (χ4n) is 3.12. The highest BCUT2D eigenvalue weighted by molar-refractivity contribution is 7.99. The lowest BCUT2D eigenvalue weighted by Crippen LogP contribution is -2.30. The lowest BCUT2D eigenvalue weighted by Gasteiger charge is -2.21. The summed E-state index contributed by atoms with van der Waals surface area (Å²) < 4.78 is 28.1. The summed E-state index contributed by atoms with van der Waals surface area (Å²) in [5.74, 6) is 118. The Bertz CT molecular complexity index is 3990. The second kappa shape index (κ2) is 48.3. The Morgan fingerprint density at radius 1 is 0.397 bits per heavy atom. The number of hydrogen-bond donors (Lipinski definition) is 0. The summed E-state index contributed by atoms with van der Waals surface area (Å²) in [6, 6.07) is 0. The monoisotopic (exact) mass is 1020 g/mol. The van der Waals surface area contributed by atoms with E-state index < -0.39 is 22.5 Å². The number of terminal acetylenes is 1. The Kier molecular flexibility index (Phi) is 42.0. The van der Waals surface area contributed by atoms with Gasteiger partial charge in [0.1, 0.15) is 6.11 Å². The molecule has 0 aliphatic carbocycles. The van der Waals surface area contributed by atoms with Crippen molar-refractivity contribution in [3.63, 3.8) is 0 Å². The van der Waals surface area contributed by atoms with Crippen molar-refractivity contribution >= 4 is 29.7 Å². The van der Waals surface area contributed by atoms with Crippen LogP contribution in [0.4, 0.5) is 4.39 Å². The van der Waals surface area contributed by atoms with Crippen LogP contribution in [0.2, 0.25) is 0 Å². The lowest BCUT2D eigenvalue weighted by atomic mass is 9.91. The van der Waals surface area contributed by atoms with E-state index in [-0.39, 0.29) is 18.4 Å². The molecule has 0 aromatic heterocycles. The van der Waals surface area contributed by atoms with Crippen molar-refractivity contribution in [3.05, 3.63) is 0 Å². The molecule has 0 saturated heterocycles. The fraction of sp³-hybridized carbons (Fsp3) is 0.243. The Morgan fingerprint density at radius 3 is 0.910 bits per heavy atom. The minimum atomic E-state index is -2.10. The number of alkyl halides is 1. The van der Waals surface area contributed by atoms with Crippen molar-refractivity contribution in [1.29, 1.82) is 0 Å². The fourth-order valence-corrected chi connectivity index (χ4v) is 4.21. The third-order valence-corrected chi connectivity index (χ3v) is 9.04. The summed E-state index contributed by atoms with van der Waals surface area (Å²) >= 11 is 1.68. The normalized spacial score (nSPS) is 7.49. The van der Waals surface area contributed by atoms with Gasteiger partial charge in [0.15, 0.2) is 0 Å². The highest BCUT2D eigenvalue weighted by Gasteiger charge is 2.32. The first-order valence-corrected chi connectivity index (χ1v) is 23.1. The number of halogens is 1. The van der Waals surface area contributed by atoms with Gasteiger partial charge in [0, 0.05) is 243 Å². The van der Waals surface area contributed by atoms with Gasteiger partial charge in [-0.1, -0.05) is 13.8 Å². The van der Waals surface area contributed by atoms with Gasteiger partial charge < -0.3 is 14.2 Å². The maximum atomic E-state index is 13.6. The summed E-state index contributed by atoms with van der Waals surface area (Å²) in [5.41, 5.74) is -2.97. The van der Waals surface area contributed by atoms with Crippen molar-refractivity contribution in [1.82, 2.24) is 0 Å². The van der Waals surface area contributed by atoms with E-state index in [1.54, 1.807) is 11.8 Å². The van der Waals surface area contributed by atoms with E-state index in [9.17, 15) is 18.8 Å². The first-order valence-electron chi connectivity index (χ1n) is 21.9. The van der Waals surface area contributed by atoms with Crippen LogP contribution in [0, 0.1) is 308 Å². The second-order valence-corrected chi connectivity index (χ2v) is 15.3. The molecule has 0 aliphatic rings. The van der Waals surface area contributed by atoms with Crippen molar-refractivity contribution in [3.8, 4) is 297 Å². The van der Waals surface area contributed by atoms with Crippen LogP contribution in [0.5, 0.6) is 0 Å². The molecule has 0 rings (SSSR count). The molecule has 0 fully saturated rings. The zero-order valence-corrected chi connectivity index (χ0v) is 44.4.